The van der Waals surface area contributed by atoms with Gasteiger partial charge in [-0.1, -0.05) is 49.2 Å². The van der Waals surface area contributed by atoms with Crippen molar-refractivity contribution < 1.29 is 4.79 Å². The lowest BCUT2D eigenvalue weighted by molar-refractivity contribution is 0.101. The molecule has 0 spiro atoms. The first kappa shape index (κ1) is 17.6. The summed E-state index contributed by atoms with van der Waals surface area (Å²) < 4.78 is 2.14. The normalized spacial score (nSPS) is 11.0. The molecule has 0 atom stereocenters. The van der Waals surface area contributed by atoms with Crippen LogP contribution in [0.3, 0.4) is 0 Å². The first-order valence-corrected chi connectivity index (χ1v) is 9.06. The number of para-hydroxylation sites is 1. The van der Waals surface area contributed by atoms with Crippen LogP contribution in [0.15, 0.2) is 42.5 Å². The molecule has 0 unspecified atom stereocenters. The Labute approximate surface area is 153 Å². The fraction of sp³-hybridized carbons (Fsp3) is 0.286. The summed E-state index contributed by atoms with van der Waals surface area (Å²) in [6.45, 7) is 6.96. The van der Waals surface area contributed by atoms with Gasteiger partial charge in [0.2, 0.25) is 0 Å². The monoisotopic (exact) mass is 354 g/mol. The van der Waals surface area contributed by atoms with E-state index in [2.05, 4.69) is 28.9 Å². The molecule has 0 radical (unpaired) electrons. The van der Waals surface area contributed by atoms with Gasteiger partial charge in [-0.05, 0) is 49.6 Å². The molecule has 2 aromatic carbocycles. The Kier molecular flexibility index (Phi) is 5.14. The van der Waals surface area contributed by atoms with E-state index in [0.29, 0.717) is 10.7 Å². The van der Waals surface area contributed by atoms with E-state index in [0.717, 1.165) is 47.1 Å². The minimum Gasteiger partial charge on any atom is -0.336 e. The average molecular weight is 355 g/mol. The third-order valence-electron chi connectivity index (χ3n) is 4.60. The summed E-state index contributed by atoms with van der Waals surface area (Å²) in [5.41, 5.74) is 4.56. The molecule has 4 heteroatoms. The van der Waals surface area contributed by atoms with Gasteiger partial charge in [0.05, 0.1) is 0 Å². The molecule has 1 amide bonds. The lowest BCUT2D eigenvalue weighted by Crippen LogP contribution is -2.18. The van der Waals surface area contributed by atoms with Crippen LogP contribution >= 0.6 is 11.6 Å². The number of aryl methyl sites for hydroxylation is 3. The highest BCUT2D eigenvalue weighted by Gasteiger charge is 2.20. The first-order valence-electron chi connectivity index (χ1n) is 8.68. The van der Waals surface area contributed by atoms with E-state index in [1.165, 1.54) is 0 Å². The fourth-order valence-corrected chi connectivity index (χ4v) is 3.36. The first-order chi connectivity index (χ1) is 12.0. The molecule has 0 fully saturated rings. The number of nitrogens with one attached hydrogen (secondary N) is 1. The van der Waals surface area contributed by atoms with Crippen LogP contribution in [-0.2, 0) is 6.54 Å². The van der Waals surface area contributed by atoms with Crippen molar-refractivity contribution in [2.75, 3.05) is 5.32 Å². The summed E-state index contributed by atoms with van der Waals surface area (Å²) in [5.74, 6) is -0.0928. The van der Waals surface area contributed by atoms with Crippen molar-refractivity contribution in [3.8, 4) is 0 Å². The molecule has 0 aliphatic rings. The molecule has 0 aliphatic carbocycles. The number of aromatic nitrogens is 1. The quantitative estimate of drug-likeness (QED) is 0.602. The molecule has 130 valence electrons. The summed E-state index contributed by atoms with van der Waals surface area (Å²) in [6.07, 6.45) is 2.12. The van der Waals surface area contributed by atoms with Gasteiger partial charge in [-0.3, -0.25) is 4.79 Å². The van der Waals surface area contributed by atoms with Gasteiger partial charge in [-0.2, -0.15) is 0 Å². The largest absolute Gasteiger partial charge is 0.336 e. The molecular weight excluding hydrogens is 332 g/mol. The molecule has 3 aromatic rings. The Morgan fingerprint density at radius 2 is 1.92 bits per heavy atom. The molecule has 0 saturated heterocycles. The Balaban J connectivity index is 2.02. The Bertz CT molecular complexity index is 927. The topological polar surface area (TPSA) is 34.0 Å². The van der Waals surface area contributed by atoms with Gasteiger partial charge in [0.15, 0.2) is 0 Å². The number of rotatable bonds is 5. The second-order valence-electron chi connectivity index (χ2n) is 6.41. The number of halogens is 1. The van der Waals surface area contributed by atoms with Crippen LogP contribution in [0, 0.1) is 13.8 Å². The molecule has 0 aliphatic heterocycles. The van der Waals surface area contributed by atoms with E-state index in [1.807, 2.05) is 38.1 Å². The van der Waals surface area contributed by atoms with E-state index in [-0.39, 0.29) is 5.91 Å². The van der Waals surface area contributed by atoms with Gasteiger partial charge in [0.1, 0.15) is 5.69 Å². The zero-order valence-electron chi connectivity index (χ0n) is 14.9. The van der Waals surface area contributed by atoms with E-state index < -0.39 is 0 Å². The van der Waals surface area contributed by atoms with E-state index in [9.17, 15) is 4.79 Å². The number of carbonyl (C=O) groups excluding carboxylic acids is 1. The number of benzene rings is 2. The molecule has 3 nitrogen and oxygen atoms in total. The SMILES string of the molecule is CCCCn1c(C(=O)Nc2ccc(C)c(Cl)c2)c(C)c2ccccc21. The minimum atomic E-state index is -0.0928. The Hall–Kier alpha value is -2.26. The standard InChI is InChI=1S/C21H23ClN2O/c1-4-5-12-24-19-9-7-6-8-17(19)15(3)20(24)21(25)23-16-11-10-14(2)18(22)13-16/h6-11,13H,4-5,12H2,1-3H3,(H,23,25). The zero-order valence-corrected chi connectivity index (χ0v) is 15.7. The van der Waals surface area contributed by atoms with Crippen LogP contribution in [0.4, 0.5) is 5.69 Å². The Morgan fingerprint density at radius 3 is 2.64 bits per heavy atom. The summed E-state index contributed by atoms with van der Waals surface area (Å²) in [7, 11) is 0. The maximum Gasteiger partial charge on any atom is 0.272 e. The number of anilines is 1. The molecule has 1 heterocycles. The van der Waals surface area contributed by atoms with Crippen LogP contribution < -0.4 is 5.32 Å². The second kappa shape index (κ2) is 7.32. The summed E-state index contributed by atoms with van der Waals surface area (Å²) in [4.78, 5) is 13.0. The number of hydrogen-bond donors (Lipinski definition) is 1. The molecule has 0 bridgehead atoms. The van der Waals surface area contributed by atoms with Crippen molar-refractivity contribution in [2.24, 2.45) is 0 Å². The van der Waals surface area contributed by atoms with Gasteiger partial charge < -0.3 is 9.88 Å². The molecule has 0 saturated carbocycles. The smallest absolute Gasteiger partial charge is 0.272 e. The molecule has 25 heavy (non-hydrogen) atoms. The van der Waals surface area contributed by atoms with E-state index in [4.69, 9.17) is 11.6 Å². The summed E-state index contributed by atoms with van der Waals surface area (Å²) in [5, 5.41) is 4.78. The van der Waals surface area contributed by atoms with Crippen molar-refractivity contribution >= 4 is 34.1 Å². The number of amides is 1. The lowest BCUT2D eigenvalue weighted by atomic mass is 10.1. The highest BCUT2D eigenvalue weighted by molar-refractivity contribution is 6.31. The lowest BCUT2D eigenvalue weighted by Gasteiger charge is -2.12. The predicted octanol–water partition coefficient (Wildman–Crippen LogP) is 5.96. The maximum atomic E-state index is 13.0. The van der Waals surface area contributed by atoms with Crippen molar-refractivity contribution in [2.45, 2.75) is 40.2 Å². The van der Waals surface area contributed by atoms with Crippen molar-refractivity contribution in [3.63, 3.8) is 0 Å². The van der Waals surface area contributed by atoms with Crippen LogP contribution in [0.25, 0.3) is 10.9 Å². The van der Waals surface area contributed by atoms with Gasteiger partial charge in [0.25, 0.3) is 5.91 Å². The third-order valence-corrected chi connectivity index (χ3v) is 5.01. The number of nitrogens with zero attached hydrogens (tertiary/aromatic N) is 1. The summed E-state index contributed by atoms with van der Waals surface area (Å²) in [6, 6.07) is 13.8. The van der Waals surface area contributed by atoms with E-state index in [1.54, 1.807) is 6.07 Å². The highest BCUT2D eigenvalue weighted by Crippen LogP contribution is 2.27. The van der Waals surface area contributed by atoms with Crippen molar-refractivity contribution in [1.29, 1.82) is 0 Å². The van der Waals surface area contributed by atoms with Crippen molar-refractivity contribution in [1.82, 2.24) is 4.57 Å². The van der Waals surface area contributed by atoms with Gasteiger partial charge >= 0.3 is 0 Å². The molecule has 3 rings (SSSR count). The number of hydrogen-bond acceptors (Lipinski definition) is 1. The van der Waals surface area contributed by atoms with Crippen molar-refractivity contribution in [3.05, 3.63) is 64.3 Å². The zero-order chi connectivity index (χ0) is 18.0. The molecular formula is C21H23ClN2O. The average Bonchev–Trinajstić information content (AvgIpc) is 2.89. The van der Waals surface area contributed by atoms with Crippen LogP contribution in [0.1, 0.15) is 41.4 Å². The van der Waals surface area contributed by atoms with Crippen LogP contribution in [0.5, 0.6) is 0 Å². The summed E-state index contributed by atoms with van der Waals surface area (Å²) >= 11 is 6.18. The number of unbranched alkanes of at least 4 members (excludes halogenated alkanes) is 1. The minimum absolute atomic E-state index is 0.0928. The highest BCUT2D eigenvalue weighted by atomic mass is 35.5. The van der Waals surface area contributed by atoms with Crippen LogP contribution in [-0.4, -0.2) is 10.5 Å². The van der Waals surface area contributed by atoms with E-state index >= 15 is 0 Å². The Morgan fingerprint density at radius 1 is 1.16 bits per heavy atom. The number of carbonyl (C=O) groups is 1. The van der Waals surface area contributed by atoms with Gasteiger partial charge in [-0.25, -0.2) is 0 Å². The molecule has 1 aromatic heterocycles. The molecule has 1 N–H and O–H groups in total. The van der Waals surface area contributed by atoms with Gasteiger partial charge in [0, 0.05) is 28.2 Å². The fourth-order valence-electron chi connectivity index (χ4n) is 3.18. The second-order valence-corrected chi connectivity index (χ2v) is 6.82. The number of fused-ring (bicyclic) bond motifs is 1. The van der Waals surface area contributed by atoms with Crippen LogP contribution in [0.2, 0.25) is 5.02 Å². The predicted molar refractivity (Wildman–Crippen MR) is 106 cm³/mol. The van der Waals surface area contributed by atoms with Gasteiger partial charge in [-0.15, -0.1) is 0 Å². The third kappa shape index (κ3) is 3.42. The maximum absolute atomic E-state index is 13.0.